The third-order valence-corrected chi connectivity index (χ3v) is 4.76. The Morgan fingerprint density at radius 1 is 1.00 bits per heavy atom. The maximum absolute atomic E-state index is 12.8. The highest BCUT2D eigenvalue weighted by Gasteiger charge is 2.21. The lowest BCUT2D eigenvalue weighted by Gasteiger charge is -2.21. The van der Waals surface area contributed by atoms with Gasteiger partial charge in [0.2, 0.25) is 0 Å². The minimum atomic E-state index is -0.655. The van der Waals surface area contributed by atoms with Gasteiger partial charge in [0, 0.05) is 6.54 Å². The summed E-state index contributed by atoms with van der Waals surface area (Å²) in [6.07, 6.45) is -0.147. The summed E-state index contributed by atoms with van der Waals surface area (Å²) in [5.41, 5.74) is 2.18. The van der Waals surface area contributed by atoms with Crippen molar-refractivity contribution >= 4 is 17.5 Å². The number of hydrogen-bond acceptors (Lipinski definition) is 3. The third kappa shape index (κ3) is 6.61. The highest BCUT2D eigenvalue weighted by molar-refractivity contribution is 6.04. The molecule has 0 saturated heterocycles. The molecule has 2 rings (SSSR count). The van der Waals surface area contributed by atoms with Crippen LogP contribution in [0.25, 0.3) is 0 Å². The fourth-order valence-electron chi connectivity index (χ4n) is 2.92. The Kier molecular flexibility index (Phi) is 8.04. The van der Waals surface area contributed by atoms with Crippen molar-refractivity contribution in [2.24, 2.45) is 5.92 Å². The van der Waals surface area contributed by atoms with E-state index in [1.165, 1.54) is 5.56 Å². The number of benzene rings is 2. The van der Waals surface area contributed by atoms with Crippen molar-refractivity contribution in [2.45, 2.75) is 59.5 Å². The van der Waals surface area contributed by atoms with E-state index in [4.69, 9.17) is 4.74 Å². The summed E-state index contributed by atoms with van der Waals surface area (Å²) >= 11 is 0. The summed E-state index contributed by atoms with van der Waals surface area (Å²) in [6.45, 7) is 13.0. The number of rotatable bonds is 8. The Labute approximate surface area is 180 Å². The fourth-order valence-corrected chi connectivity index (χ4v) is 2.92. The van der Waals surface area contributed by atoms with Gasteiger partial charge in [-0.05, 0) is 47.6 Å². The second-order valence-corrected chi connectivity index (χ2v) is 8.93. The number of para-hydroxylation sites is 1. The maximum Gasteiger partial charge on any atom is 0.265 e. The van der Waals surface area contributed by atoms with Crippen molar-refractivity contribution in [1.29, 1.82) is 0 Å². The summed E-state index contributed by atoms with van der Waals surface area (Å²) in [6, 6.07) is 14.8. The highest BCUT2D eigenvalue weighted by atomic mass is 16.5. The van der Waals surface area contributed by atoms with Crippen LogP contribution in [0.5, 0.6) is 5.75 Å². The van der Waals surface area contributed by atoms with Crippen LogP contribution in [0.2, 0.25) is 0 Å². The molecule has 2 amide bonds. The van der Waals surface area contributed by atoms with E-state index in [1.807, 2.05) is 45.0 Å². The molecule has 0 saturated carbocycles. The van der Waals surface area contributed by atoms with Gasteiger partial charge in [0.1, 0.15) is 5.75 Å². The summed E-state index contributed by atoms with van der Waals surface area (Å²) in [7, 11) is 0. The molecule has 5 heteroatoms. The lowest BCUT2D eigenvalue weighted by Crippen LogP contribution is -2.34. The first kappa shape index (κ1) is 23.5. The van der Waals surface area contributed by atoms with Crippen LogP contribution < -0.4 is 15.4 Å². The molecule has 0 bridgehead atoms. The van der Waals surface area contributed by atoms with E-state index in [0.29, 0.717) is 35.9 Å². The minimum Gasteiger partial charge on any atom is -0.481 e. The Morgan fingerprint density at radius 3 is 2.20 bits per heavy atom. The quantitative estimate of drug-likeness (QED) is 0.631. The highest BCUT2D eigenvalue weighted by Crippen LogP contribution is 2.25. The summed E-state index contributed by atoms with van der Waals surface area (Å²) in [5, 5.41) is 5.75. The van der Waals surface area contributed by atoms with Crippen molar-refractivity contribution in [3.05, 3.63) is 59.7 Å². The molecule has 0 heterocycles. The average molecular weight is 411 g/mol. The molecule has 0 radical (unpaired) electrons. The Balaban J connectivity index is 2.09. The van der Waals surface area contributed by atoms with Gasteiger partial charge >= 0.3 is 0 Å². The predicted octanol–water partition coefficient (Wildman–Crippen LogP) is 5.17. The second kappa shape index (κ2) is 10.3. The van der Waals surface area contributed by atoms with Gasteiger partial charge in [-0.3, -0.25) is 9.59 Å². The Bertz CT molecular complexity index is 851. The summed E-state index contributed by atoms with van der Waals surface area (Å²) in [5.74, 6) is 0.513. The molecule has 2 N–H and O–H groups in total. The largest absolute Gasteiger partial charge is 0.481 e. The van der Waals surface area contributed by atoms with Crippen molar-refractivity contribution in [1.82, 2.24) is 5.32 Å². The molecule has 0 spiro atoms. The second-order valence-electron chi connectivity index (χ2n) is 8.93. The maximum atomic E-state index is 12.8. The van der Waals surface area contributed by atoms with Gasteiger partial charge in [-0.15, -0.1) is 0 Å². The molecule has 5 nitrogen and oxygen atoms in total. The normalized spacial score (nSPS) is 12.4. The Morgan fingerprint density at radius 2 is 1.63 bits per heavy atom. The summed E-state index contributed by atoms with van der Waals surface area (Å²) < 4.78 is 5.93. The number of nitrogens with one attached hydrogen (secondary N) is 2. The standard InChI is InChI=1S/C25H34N2O3/c1-7-22(30-19-14-12-18(13-15-19)25(4,5)6)24(29)27-21-11-9-8-10-20(21)23(28)26-16-17(2)3/h8-15,17,22H,7,16H2,1-6H3,(H,26,28)(H,27,29). The van der Waals surface area contributed by atoms with Crippen LogP contribution >= 0.6 is 0 Å². The smallest absolute Gasteiger partial charge is 0.265 e. The van der Waals surface area contributed by atoms with Crippen LogP contribution in [0.1, 0.15) is 63.9 Å². The van der Waals surface area contributed by atoms with Crippen LogP contribution in [0.4, 0.5) is 5.69 Å². The average Bonchev–Trinajstić information content (AvgIpc) is 2.70. The predicted molar refractivity (Wildman–Crippen MR) is 122 cm³/mol. The van der Waals surface area contributed by atoms with E-state index >= 15 is 0 Å². The lowest BCUT2D eigenvalue weighted by atomic mass is 9.87. The Hall–Kier alpha value is -2.82. The van der Waals surface area contributed by atoms with E-state index in [9.17, 15) is 9.59 Å². The molecule has 0 aliphatic heterocycles. The number of carbonyl (C=O) groups excluding carboxylic acids is 2. The number of amides is 2. The summed E-state index contributed by atoms with van der Waals surface area (Å²) in [4.78, 5) is 25.3. The molecular formula is C25H34N2O3. The molecule has 2 aromatic carbocycles. The van der Waals surface area contributed by atoms with E-state index in [0.717, 1.165) is 0 Å². The van der Waals surface area contributed by atoms with Gasteiger partial charge in [0.25, 0.3) is 11.8 Å². The molecule has 30 heavy (non-hydrogen) atoms. The number of carbonyl (C=O) groups is 2. The van der Waals surface area contributed by atoms with Crippen LogP contribution in [0.3, 0.4) is 0 Å². The van der Waals surface area contributed by atoms with Crippen molar-refractivity contribution < 1.29 is 14.3 Å². The molecule has 0 aliphatic rings. The zero-order chi connectivity index (χ0) is 22.3. The molecule has 0 fully saturated rings. The van der Waals surface area contributed by atoms with Gasteiger partial charge in [0.15, 0.2) is 6.10 Å². The van der Waals surface area contributed by atoms with Crippen molar-refractivity contribution in [3.8, 4) is 5.75 Å². The van der Waals surface area contributed by atoms with Gasteiger partial charge < -0.3 is 15.4 Å². The minimum absolute atomic E-state index is 0.0555. The zero-order valence-corrected chi connectivity index (χ0v) is 18.9. The molecule has 1 unspecified atom stereocenters. The first-order valence-corrected chi connectivity index (χ1v) is 10.6. The number of hydrogen-bond donors (Lipinski definition) is 2. The SMILES string of the molecule is CCC(Oc1ccc(C(C)(C)C)cc1)C(=O)Nc1ccccc1C(=O)NCC(C)C. The van der Waals surface area contributed by atoms with Gasteiger partial charge in [-0.2, -0.15) is 0 Å². The van der Waals surface area contributed by atoms with E-state index < -0.39 is 6.10 Å². The first-order valence-electron chi connectivity index (χ1n) is 10.6. The number of ether oxygens (including phenoxy) is 1. The molecule has 1 atom stereocenters. The molecule has 0 aromatic heterocycles. The van der Waals surface area contributed by atoms with Crippen molar-refractivity contribution in [2.75, 3.05) is 11.9 Å². The monoisotopic (exact) mass is 410 g/mol. The number of anilines is 1. The van der Waals surface area contributed by atoms with Gasteiger partial charge in [-0.25, -0.2) is 0 Å². The van der Waals surface area contributed by atoms with Crippen molar-refractivity contribution in [3.63, 3.8) is 0 Å². The molecular weight excluding hydrogens is 376 g/mol. The third-order valence-electron chi connectivity index (χ3n) is 4.76. The first-order chi connectivity index (χ1) is 14.1. The van der Waals surface area contributed by atoms with Gasteiger partial charge in [0.05, 0.1) is 11.3 Å². The van der Waals surface area contributed by atoms with E-state index in [2.05, 4.69) is 31.4 Å². The van der Waals surface area contributed by atoms with Crippen LogP contribution in [0, 0.1) is 5.92 Å². The van der Waals surface area contributed by atoms with Crippen LogP contribution in [-0.4, -0.2) is 24.5 Å². The van der Waals surface area contributed by atoms with Gasteiger partial charge in [-0.1, -0.05) is 65.8 Å². The van der Waals surface area contributed by atoms with E-state index in [-0.39, 0.29) is 17.2 Å². The van der Waals surface area contributed by atoms with Crippen LogP contribution in [0.15, 0.2) is 48.5 Å². The molecule has 2 aromatic rings. The van der Waals surface area contributed by atoms with E-state index in [1.54, 1.807) is 24.3 Å². The van der Waals surface area contributed by atoms with Crippen LogP contribution in [-0.2, 0) is 10.2 Å². The molecule has 162 valence electrons. The fraction of sp³-hybridized carbons (Fsp3) is 0.440. The lowest BCUT2D eigenvalue weighted by molar-refractivity contribution is -0.122. The zero-order valence-electron chi connectivity index (χ0n) is 18.9. The molecule has 0 aliphatic carbocycles. The topological polar surface area (TPSA) is 67.4 Å².